The van der Waals surface area contributed by atoms with E-state index in [1.54, 1.807) is 28.8 Å². The molecule has 0 radical (unpaired) electrons. The Morgan fingerprint density at radius 2 is 1.61 bits per heavy atom. The van der Waals surface area contributed by atoms with E-state index >= 15 is 0 Å². The molecule has 0 fully saturated rings. The van der Waals surface area contributed by atoms with Crippen LogP contribution >= 0.6 is 0 Å². The molecule has 1 aromatic heterocycles. The fraction of sp³-hybridized carbons (Fsp3) is 0.0588. The summed E-state index contributed by atoms with van der Waals surface area (Å²) >= 11 is 0. The summed E-state index contributed by atoms with van der Waals surface area (Å²) < 4.78 is 27.4. The highest BCUT2D eigenvalue weighted by Crippen LogP contribution is 2.12. The molecule has 0 atom stereocenters. The molecule has 1 heterocycles. The number of benzene rings is 2. The van der Waals surface area contributed by atoms with Gasteiger partial charge in [-0.25, -0.2) is 13.8 Å². The normalized spacial score (nSPS) is 10.5. The Morgan fingerprint density at radius 1 is 1.00 bits per heavy atom. The van der Waals surface area contributed by atoms with Crippen LogP contribution in [0.3, 0.4) is 0 Å². The highest BCUT2D eigenvalue weighted by Gasteiger charge is 2.12. The lowest BCUT2D eigenvalue weighted by Crippen LogP contribution is -2.25. The average molecular weight is 313 g/mol. The third-order valence-corrected chi connectivity index (χ3v) is 3.34. The van der Waals surface area contributed by atoms with Gasteiger partial charge in [0.1, 0.15) is 17.3 Å². The van der Waals surface area contributed by atoms with Gasteiger partial charge in [0.05, 0.1) is 12.5 Å². The van der Waals surface area contributed by atoms with Gasteiger partial charge in [-0.1, -0.05) is 12.1 Å². The Bertz CT molecular complexity index is 811. The molecule has 0 aliphatic heterocycles. The molecule has 2 aromatic carbocycles. The van der Waals surface area contributed by atoms with Gasteiger partial charge in [-0.05, 0) is 42.0 Å². The summed E-state index contributed by atoms with van der Waals surface area (Å²) in [4.78, 5) is 16.3. The van der Waals surface area contributed by atoms with E-state index in [9.17, 15) is 13.6 Å². The smallest absolute Gasteiger partial charge is 0.270 e. The maximum absolute atomic E-state index is 13.0. The number of hydrogen-bond acceptors (Lipinski definition) is 2. The molecule has 0 unspecified atom stereocenters. The second-order valence-corrected chi connectivity index (χ2v) is 4.93. The first kappa shape index (κ1) is 14.9. The van der Waals surface area contributed by atoms with E-state index in [1.165, 1.54) is 36.8 Å². The summed E-state index contributed by atoms with van der Waals surface area (Å²) in [5.74, 6) is -0.998. The first-order valence-electron chi connectivity index (χ1n) is 6.94. The van der Waals surface area contributed by atoms with Crippen LogP contribution in [-0.2, 0) is 6.54 Å². The maximum atomic E-state index is 13.0. The van der Waals surface area contributed by atoms with E-state index < -0.39 is 0 Å². The van der Waals surface area contributed by atoms with E-state index in [-0.39, 0.29) is 24.1 Å². The summed E-state index contributed by atoms with van der Waals surface area (Å²) in [6.45, 7) is 0.272. The second kappa shape index (κ2) is 6.39. The largest absolute Gasteiger partial charge is 0.347 e. The predicted octanol–water partition coefficient (Wildman–Crippen LogP) is 3.08. The molecule has 116 valence electrons. The van der Waals surface area contributed by atoms with Crippen LogP contribution in [0.4, 0.5) is 8.78 Å². The molecule has 0 spiro atoms. The Morgan fingerprint density at radius 3 is 2.26 bits per heavy atom. The van der Waals surface area contributed by atoms with Crippen LogP contribution in [0.2, 0.25) is 0 Å². The van der Waals surface area contributed by atoms with E-state index in [0.29, 0.717) is 11.4 Å². The second-order valence-electron chi connectivity index (χ2n) is 4.93. The van der Waals surface area contributed by atoms with Crippen molar-refractivity contribution in [1.82, 2.24) is 14.9 Å². The molecule has 0 saturated heterocycles. The molecule has 1 amide bonds. The topological polar surface area (TPSA) is 46.9 Å². The van der Waals surface area contributed by atoms with Crippen molar-refractivity contribution in [2.24, 2.45) is 0 Å². The molecule has 1 N–H and O–H groups in total. The first-order valence-corrected chi connectivity index (χ1v) is 6.94. The fourth-order valence-corrected chi connectivity index (χ4v) is 2.15. The lowest BCUT2D eigenvalue weighted by atomic mass is 10.2. The van der Waals surface area contributed by atoms with Gasteiger partial charge >= 0.3 is 0 Å². The van der Waals surface area contributed by atoms with Gasteiger partial charge in [0.15, 0.2) is 0 Å². The van der Waals surface area contributed by atoms with Crippen LogP contribution in [-0.4, -0.2) is 15.5 Å². The van der Waals surface area contributed by atoms with Crippen molar-refractivity contribution in [3.63, 3.8) is 0 Å². The van der Waals surface area contributed by atoms with Gasteiger partial charge in [0.25, 0.3) is 5.91 Å². The van der Waals surface area contributed by atoms with Crippen molar-refractivity contribution in [2.75, 3.05) is 0 Å². The van der Waals surface area contributed by atoms with Crippen molar-refractivity contribution in [2.45, 2.75) is 6.54 Å². The van der Waals surface area contributed by atoms with Gasteiger partial charge in [-0.2, -0.15) is 0 Å². The van der Waals surface area contributed by atoms with E-state index in [4.69, 9.17) is 0 Å². The third-order valence-electron chi connectivity index (χ3n) is 3.34. The standard InChI is InChI=1S/C17H13F2N3O/c18-13-3-1-12(2-4-13)9-21-17(23)16-10-20-11-22(16)15-7-5-14(19)6-8-15/h1-8,10-11H,9H2,(H,21,23). The monoisotopic (exact) mass is 313 g/mol. The Kier molecular flexibility index (Phi) is 4.14. The van der Waals surface area contributed by atoms with Crippen LogP contribution in [0.25, 0.3) is 5.69 Å². The number of aromatic nitrogens is 2. The van der Waals surface area contributed by atoms with Crippen molar-refractivity contribution in [3.05, 3.63) is 83.9 Å². The number of carbonyl (C=O) groups excluding carboxylic acids is 1. The van der Waals surface area contributed by atoms with Crippen LogP contribution in [0.1, 0.15) is 16.1 Å². The maximum Gasteiger partial charge on any atom is 0.270 e. The molecule has 4 nitrogen and oxygen atoms in total. The number of carbonyl (C=O) groups is 1. The van der Waals surface area contributed by atoms with E-state index in [2.05, 4.69) is 10.3 Å². The van der Waals surface area contributed by atoms with Crippen molar-refractivity contribution >= 4 is 5.91 Å². The highest BCUT2D eigenvalue weighted by atomic mass is 19.1. The molecule has 0 bridgehead atoms. The number of rotatable bonds is 4. The summed E-state index contributed by atoms with van der Waals surface area (Å²) in [7, 11) is 0. The van der Waals surface area contributed by atoms with Crippen LogP contribution in [0, 0.1) is 11.6 Å². The van der Waals surface area contributed by atoms with Gasteiger partial charge in [0.2, 0.25) is 0 Å². The minimum Gasteiger partial charge on any atom is -0.347 e. The number of hydrogen-bond donors (Lipinski definition) is 1. The molecule has 23 heavy (non-hydrogen) atoms. The zero-order valence-corrected chi connectivity index (χ0v) is 12.0. The number of nitrogens with one attached hydrogen (secondary N) is 1. The summed E-state index contributed by atoms with van der Waals surface area (Å²) in [5, 5.41) is 2.75. The van der Waals surface area contributed by atoms with E-state index in [0.717, 1.165) is 5.56 Å². The Balaban J connectivity index is 1.74. The summed E-state index contributed by atoms with van der Waals surface area (Å²) in [6, 6.07) is 11.6. The van der Waals surface area contributed by atoms with Gasteiger partial charge < -0.3 is 5.32 Å². The molecule has 0 aliphatic rings. The number of halogens is 2. The number of nitrogens with zero attached hydrogens (tertiary/aromatic N) is 2. The fourth-order valence-electron chi connectivity index (χ4n) is 2.15. The molecule has 0 saturated carbocycles. The molecule has 6 heteroatoms. The first-order chi connectivity index (χ1) is 11.1. The van der Waals surface area contributed by atoms with E-state index in [1.807, 2.05) is 0 Å². The number of amides is 1. The molecule has 3 rings (SSSR count). The lowest BCUT2D eigenvalue weighted by molar-refractivity contribution is 0.0944. The average Bonchev–Trinajstić information content (AvgIpc) is 3.04. The molecular formula is C17H13F2N3O. The number of imidazole rings is 1. The SMILES string of the molecule is O=C(NCc1ccc(F)cc1)c1cncn1-c1ccc(F)cc1. The molecule has 3 aromatic rings. The van der Waals surface area contributed by atoms with Crippen LogP contribution < -0.4 is 5.32 Å². The molecular weight excluding hydrogens is 300 g/mol. The predicted molar refractivity (Wildman–Crippen MR) is 81.1 cm³/mol. The zero-order chi connectivity index (χ0) is 16.2. The summed E-state index contributed by atoms with van der Waals surface area (Å²) in [6.07, 6.45) is 2.92. The summed E-state index contributed by atoms with van der Waals surface area (Å²) in [5.41, 5.74) is 1.75. The van der Waals surface area contributed by atoms with Crippen LogP contribution in [0.15, 0.2) is 61.1 Å². The van der Waals surface area contributed by atoms with Crippen molar-refractivity contribution < 1.29 is 13.6 Å². The minimum absolute atomic E-state index is 0.272. The van der Waals surface area contributed by atoms with Gasteiger partial charge in [-0.15, -0.1) is 0 Å². The highest BCUT2D eigenvalue weighted by molar-refractivity contribution is 5.92. The molecule has 0 aliphatic carbocycles. The van der Waals surface area contributed by atoms with Crippen molar-refractivity contribution in [1.29, 1.82) is 0 Å². The van der Waals surface area contributed by atoms with Gasteiger partial charge in [0, 0.05) is 12.2 Å². The third kappa shape index (κ3) is 3.42. The van der Waals surface area contributed by atoms with Crippen molar-refractivity contribution in [3.8, 4) is 5.69 Å². The Labute approximate surface area is 131 Å². The van der Waals surface area contributed by atoms with Crippen LogP contribution in [0.5, 0.6) is 0 Å². The van der Waals surface area contributed by atoms with Gasteiger partial charge in [-0.3, -0.25) is 9.36 Å². The Hall–Kier alpha value is -3.02. The quantitative estimate of drug-likeness (QED) is 0.804. The lowest BCUT2D eigenvalue weighted by Gasteiger charge is -2.09. The minimum atomic E-state index is -0.351. The zero-order valence-electron chi connectivity index (χ0n) is 12.0.